The van der Waals surface area contributed by atoms with E-state index in [-0.39, 0.29) is 18.7 Å². The highest BCUT2D eigenvalue weighted by molar-refractivity contribution is 5.92. The number of amides is 1. The van der Waals surface area contributed by atoms with Gasteiger partial charge >= 0.3 is 6.18 Å². The molecule has 0 aliphatic carbocycles. The van der Waals surface area contributed by atoms with Crippen LogP contribution in [0.3, 0.4) is 0 Å². The zero-order valence-corrected chi connectivity index (χ0v) is 16.8. The van der Waals surface area contributed by atoms with Gasteiger partial charge in [-0.1, -0.05) is 36.4 Å². The molecule has 0 aromatic heterocycles. The summed E-state index contributed by atoms with van der Waals surface area (Å²) in [5.41, 5.74) is -0.703. The maximum absolute atomic E-state index is 13.4. The highest BCUT2D eigenvalue weighted by atomic mass is 19.4. The van der Waals surface area contributed by atoms with Gasteiger partial charge in [-0.25, -0.2) is 0 Å². The molecule has 0 spiro atoms. The summed E-state index contributed by atoms with van der Waals surface area (Å²) in [7, 11) is 3.31. The van der Waals surface area contributed by atoms with Gasteiger partial charge in [0.25, 0.3) is 0 Å². The van der Waals surface area contributed by atoms with Gasteiger partial charge < -0.3 is 15.0 Å². The van der Waals surface area contributed by atoms with Gasteiger partial charge in [0.1, 0.15) is 5.75 Å². The average Bonchev–Trinajstić information content (AvgIpc) is 2.70. The van der Waals surface area contributed by atoms with E-state index in [1.165, 1.54) is 12.1 Å². The Labute approximate surface area is 173 Å². The molecular formula is C23H23F3N2O2. The molecule has 0 heterocycles. The molecule has 3 rings (SSSR count). The maximum Gasteiger partial charge on any atom is 0.418 e. The van der Waals surface area contributed by atoms with Crippen molar-refractivity contribution in [2.75, 3.05) is 30.9 Å². The van der Waals surface area contributed by atoms with Gasteiger partial charge in [0.2, 0.25) is 5.91 Å². The van der Waals surface area contributed by atoms with Crippen molar-refractivity contribution in [2.45, 2.75) is 19.0 Å². The number of anilines is 2. The van der Waals surface area contributed by atoms with E-state index in [1.807, 2.05) is 42.5 Å². The third kappa shape index (κ3) is 5.23. The molecule has 30 heavy (non-hydrogen) atoms. The fraction of sp³-hybridized carbons (Fsp3) is 0.261. The van der Waals surface area contributed by atoms with Crippen molar-refractivity contribution in [2.24, 2.45) is 0 Å². The van der Waals surface area contributed by atoms with E-state index in [9.17, 15) is 18.0 Å². The largest absolute Gasteiger partial charge is 0.493 e. The summed E-state index contributed by atoms with van der Waals surface area (Å²) in [6, 6.07) is 17.4. The summed E-state index contributed by atoms with van der Waals surface area (Å²) >= 11 is 0. The maximum atomic E-state index is 13.4. The number of alkyl halides is 3. The number of nitrogens with zero attached hydrogens (tertiary/aromatic N) is 1. The van der Waals surface area contributed by atoms with Crippen molar-refractivity contribution < 1.29 is 22.7 Å². The molecule has 0 bridgehead atoms. The molecule has 3 aromatic rings. The molecule has 4 nitrogen and oxygen atoms in total. The first-order valence-corrected chi connectivity index (χ1v) is 9.54. The Hall–Kier alpha value is -3.22. The van der Waals surface area contributed by atoms with Gasteiger partial charge in [-0.05, 0) is 36.1 Å². The predicted molar refractivity (Wildman–Crippen MR) is 113 cm³/mol. The monoisotopic (exact) mass is 416 g/mol. The number of carbonyl (C=O) groups is 1. The van der Waals surface area contributed by atoms with E-state index in [0.717, 1.165) is 16.8 Å². The van der Waals surface area contributed by atoms with E-state index < -0.39 is 17.6 Å². The van der Waals surface area contributed by atoms with E-state index >= 15 is 0 Å². The van der Waals surface area contributed by atoms with E-state index in [1.54, 1.807) is 19.0 Å². The minimum absolute atomic E-state index is 0.0531. The molecule has 0 fully saturated rings. The third-order valence-corrected chi connectivity index (χ3v) is 4.65. The molecule has 7 heteroatoms. The Morgan fingerprint density at radius 2 is 1.77 bits per heavy atom. The minimum Gasteiger partial charge on any atom is -0.493 e. The van der Waals surface area contributed by atoms with Crippen LogP contribution in [-0.4, -0.2) is 26.6 Å². The Kier molecular flexibility index (Phi) is 6.50. The van der Waals surface area contributed by atoms with Crippen molar-refractivity contribution in [1.29, 1.82) is 0 Å². The van der Waals surface area contributed by atoms with Crippen molar-refractivity contribution in [1.82, 2.24) is 0 Å². The molecule has 0 radical (unpaired) electrons. The van der Waals surface area contributed by atoms with Gasteiger partial charge in [-0.3, -0.25) is 4.79 Å². The second-order valence-corrected chi connectivity index (χ2v) is 7.10. The second-order valence-electron chi connectivity index (χ2n) is 7.10. The van der Waals surface area contributed by atoms with Crippen LogP contribution in [0.15, 0.2) is 60.7 Å². The molecule has 0 saturated carbocycles. The van der Waals surface area contributed by atoms with Gasteiger partial charge in [0.15, 0.2) is 0 Å². The van der Waals surface area contributed by atoms with Crippen LogP contribution >= 0.6 is 0 Å². The molecule has 0 aliphatic rings. The summed E-state index contributed by atoms with van der Waals surface area (Å²) < 4.78 is 45.9. The minimum atomic E-state index is -4.56. The van der Waals surface area contributed by atoms with Crippen LogP contribution in [0, 0.1) is 0 Å². The van der Waals surface area contributed by atoms with Crippen LogP contribution in [0.2, 0.25) is 0 Å². The fourth-order valence-corrected chi connectivity index (χ4v) is 3.10. The van der Waals surface area contributed by atoms with Gasteiger partial charge in [0.05, 0.1) is 17.9 Å². The van der Waals surface area contributed by atoms with E-state index in [2.05, 4.69) is 5.32 Å². The molecule has 1 N–H and O–H groups in total. The summed E-state index contributed by atoms with van der Waals surface area (Å²) in [4.78, 5) is 13.8. The smallest absolute Gasteiger partial charge is 0.418 e. The SMILES string of the molecule is CN(C)c1ccc(NC(=O)CCCOc2cccc3ccccc23)c(C(F)(F)F)c1. The van der Waals surface area contributed by atoms with Crippen molar-refractivity contribution in [3.63, 3.8) is 0 Å². The predicted octanol–water partition coefficient (Wildman–Crippen LogP) is 5.72. The van der Waals surface area contributed by atoms with Crippen LogP contribution in [0.4, 0.5) is 24.5 Å². The molecular weight excluding hydrogens is 393 g/mol. The normalized spacial score (nSPS) is 11.4. The highest BCUT2D eigenvalue weighted by Gasteiger charge is 2.34. The number of nitrogens with one attached hydrogen (secondary N) is 1. The van der Waals surface area contributed by atoms with Crippen molar-refractivity contribution >= 4 is 28.1 Å². The summed E-state index contributed by atoms with van der Waals surface area (Å²) in [6.07, 6.45) is -4.13. The quantitative estimate of drug-likeness (QED) is 0.501. The number of hydrogen-bond donors (Lipinski definition) is 1. The Balaban J connectivity index is 1.58. The van der Waals surface area contributed by atoms with Crippen LogP contribution in [-0.2, 0) is 11.0 Å². The number of rotatable bonds is 7. The average molecular weight is 416 g/mol. The first-order valence-electron chi connectivity index (χ1n) is 9.54. The molecule has 0 unspecified atom stereocenters. The number of hydrogen-bond acceptors (Lipinski definition) is 3. The number of fused-ring (bicyclic) bond motifs is 1. The third-order valence-electron chi connectivity index (χ3n) is 4.65. The molecule has 0 saturated heterocycles. The van der Waals surface area contributed by atoms with Gasteiger partial charge in [-0.2, -0.15) is 13.2 Å². The van der Waals surface area contributed by atoms with Crippen LogP contribution in [0.1, 0.15) is 18.4 Å². The lowest BCUT2D eigenvalue weighted by Crippen LogP contribution is -2.18. The lowest BCUT2D eigenvalue weighted by molar-refractivity contribution is -0.136. The first kappa shape index (κ1) is 21.5. The zero-order chi connectivity index (χ0) is 21.7. The zero-order valence-electron chi connectivity index (χ0n) is 16.8. The van der Waals surface area contributed by atoms with Crippen molar-refractivity contribution in [3.8, 4) is 5.75 Å². The Morgan fingerprint density at radius 3 is 2.50 bits per heavy atom. The second kappa shape index (κ2) is 9.07. The van der Waals surface area contributed by atoms with E-state index in [0.29, 0.717) is 17.9 Å². The molecule has 0 atom stereocenters. The standard InChI is InChI=1S/C23H23F3N2O2/c1-28(2)17-12-13-20(19(15-17)23(24,25)26)27-22(29)11-6-14-30-21-10-5-8-16-7-3-4-9-18(16)21/h3-5,7-10,12-13,15H,6,11,14H2,1-2H3,(H,27,29). The molecule has 3 aromatic carbocycles. The summed E-state index contributed by atoms with van der Waals surface area (Å²) in [5.74, 6) is 0.228. The van der Waals surface area contributed by atoms with Crippen LogP contribution < -0.4 is 15.0 Å². The van der Waals surface area contributed by atoms with Crippen LogP contribution in [0.5, 0.6) is 5.75 Å². The first-order chi connectivity index (χ1) is 14.3. The Bertz CT molecular complexity index is 1030. The lowest BCUT2D eigenvalue weighted by atomic mass is 10.1. The van der Waals surface area contributed by atoms with Gasteiger partial charge in [0, 0.05) is 31.6 Å². The molecule has 0 aliphatic heterocycles. The Morgan fingerprint density at radius 1 is 1.03 bits per heavy atom. The summed E-state index contributed by atoms with van der Waals surface area (Å²) in [6.45, 7) is 0.285. The van der Waals surface area contributed by atoms with Crippen LogP contribution in [0.25, 0.3) is 10.8 Å². The number of ether oxygens (including phenoxy) is 1. The highest BCUT2D eigenvalue weighted by Crippen LogP contribution is 2.37. The van der Waals surface area contributed by atoms with Gasteiger partial charge in [-0.15, -0.1) is 0 Å². The number of carbonyl (C=O) groups excluding carboxylic acids is 1. The number of halogens is 3. The molecule has 158 valence electrons. The topological polar surface area (TPSA) is 41.6 Å². The fourth-order valence-electron chi connectivity index (χ4n) is 3.10. The van der Waals surface area contributed by atoms with E-state index in [4.69, 9.17) is 4.74 Å². The summed E-state index contributed by atoms with van der Waals surface area (Å²) in [5, 5.41) is 4.40. The molecule has 1 amide bonds. The van der Waals surface area contributed by atoms with Crippen molar-refractivity contribution in [3.05, 3.63) is 66.2 Å². The number of benzene rings is 3. The lowest BCUT2D eigenvalue weighted by Gasteiger charge is -2.18.